The first-order chi connectivity index (χ1) is 23.2. The number of carbonyl (C=O) groups excluding carboxylic acids is 3. The van der Waals surface area contributed by atoms with Gasteiger partial charge in [0, 0.05) is 30.1 Å². The number of carbonyl (C=O) groups is 4. The summed E-state index contributed by atoms with van der Waals surface area (Å²) in [6.45, 7) is 0. The van der Waals surface area contributed by atoms with Gasteiger partial charge in [0.15, 0.2) is 10.8 Å². The Kier molecular flexibility index (Phi) is 8.06. The molecule has 15 nitrogen and oxygen atoms in total. The molecule has 2 unspecified atom stereocenters. The van der Waals surface area contributed by atoms with E-state index in [-0.39, 0.29) is 39.6 Å². The number of β-lactam (4-membered cyclic amide) rings is 1. The van der Waals surface area contributed by atoms with Crippen LogP contribution in [0.25, 0.3) is 16.7 Å². The number of hydrogen-bond acceptors (Lipinski definition) is 11. The highest BCUT2D eigenvalue weighted by Gasteiger charge is 2.54. The number of aromatic hydroxyl groups is 1. The third-order valence-corrected chi connectivity index (χ3v) is 10.2. The van der Waals surface area contributed by atoms with Crippen molar-refractivity contribution in [2.75, 3.05) is 11.5 Å². The number of aromatic nitrogens is 5. The second-order valence-electron chi connectivity index (χ2n) is 10.8. The average molecular weight is 685 g/mol. The predicted octanol–water partition coefficient (Wildman–Crippen LogP) is 1.67. The van der Waals surface area contributed by atoms with E-state index in [1.54, 1.807) is 28.8 Å². The number of nitrogens with zero attached hydrogens (tertiary/aromatic N) is 5. The summed E-state index contributed by atoms with van der Waals surface area (Å²) in [5.74, 6) is -3.10. The fourth-order valence-electron chi connectivity index (χ4n) is 5.49. The molecule has 7 rings (SSSR count). The van der Waals surface area contributed by atoms with Gasteiger partial charge >= 0.3 is 5.97 Å². The standard InChI is InChI=1S/C31H24N8O7S2/c40-17-8-6-15(7-9-17)21(34-26(42)18-12-33-19-4-3-10-32-22(19)25(18)41)27(43)35-23-28(44)39-24(30(45)46)16(13-47-29(23)39)14-48-31-37-36-20-5-1-2-11-38(20)31/h1-12,21,23,29,40H,13-14H2,(H,33,41)(H,34,42)(H,35,43)(H,45,46)/t21?,23?,29-/m0/s1. The Bertz CT molecular complexity index is 2220. The molecule has 0 saturated carbocycles. The topological polar surface area (TPSA) is 212 Å². The summed E-state index contributed by atoms with van der Waals surface area (Å²) in [6.07, 6.45) is 4.44. The Morgan fingerprint density at radius 3 is 2.69 bits per heavy atom. The normalized spacial score (nSPS) is 17.9. The van der Waals surface area contributed by atoms with Crippen molar-refractivity contribution in [2.24, 2.45) is 0 Å². The van der Waals surface area contributed by atoms with Gasteiger partial charge in [0.25, 0.3) is 11.8 Å². The zero-order valence-electron chi connectivity index (χ0n) is 24.6. The van der Waals surface area contributed by atoms with Crippen LogP contribution in [0.1, 0.15) is 22.0 Å². The van der Waals surface area contributed by atoms with Crippen LogP contribution in [0.2, 0.25) is 0 Å². The van der Waals surface area contributed by atoms with Crippen LogP contribution in [0.4, 0.5) is 0 Å². The number of rotatable bonds is 9. The Hall–Kier alpha value is -5.68. The fraction of sp³-hybridized carbons (Fsp3) is 0.161. The summed E-state index contributed by atoms with van der Waals surface area (Å²) in [5, 5.41) is 33.3. The van der Waals surface area contributed by atoms with Crippen molar-refractivity contribution in [3.63, 3.8) is 0 Å². The number of amides is 3. The second kappa shape index (κ2) is 12.5. The van der Waals surface area contributed by atoms with Crippen LogP contribution in [0.15, 0.2) is 94.4 Å². The quantitative estimate of drug-likeness (QED) is 0.111. The highest BCUT2D eigenvalue weighted by atomic mass is 32.2. The van der Waals surface area contributed by atoms with Gasteiger partial charge < -0.3 is 25.8 Å². The lowest BCUT2D eigenvalue weighted by atomic mass is 10.0. The molecule has 0 radical (unpaired) electrons. The number of carboxylic acid groups (broad SMARTS) is 1. The van der Waals surface area contributed by atoms with Gasteiger partial charge in [-0.1, -0.05) is 30.0 Å². The third-order valence-electron chi connectivity index (χ3n) is 7.85. The zero-order valence-corrected chi connectivity index (χ0v) is 26.2. The first-order valence-corrected chi connectivity index (χ1v) is 16.4. The number of hydrogen-bond donors (Lipinski definition) is 5. The minimum Gasteiger partial charge on any atom is -0.508 e. The predicted molar refractivity (Wildman–Crippen MR) is 174 cm³/mol. The number of benzene rings is 1. The number of phenols is 1. The molecule has 2 aliphatic heterocycles. The SMILES string of the molecule is O=C(O)C1=C(CSc2nnc3ccccn23)CS[C@H]2C(NC(=O)C(NC(=O)c3c[nH]c4cccnc4c3=O)c3ccc(O)cc3)C(=O)N12. The van der Waals surface area contributed by atoms with Gasteiger partial charge in [-0.3, -0.25) is 33.5 Å². The molecule has 1 aromatic carbocycles. The van der Waals surface area contributed by atoms with Crippen molar-refractivity contribution in [3.8, 4) is 5.75 Å². The maximum atomic E-state index is 13.7. The minimum atomic E-state index is -1.38. The van der Waals surface area contributed by atoms with Crippen molar-refractivity contribution in [2.45, 2.75) is 22.6 Å². The van der Waals surface area contributed by atoms with E-state index < -0.39 is 46.6 Å². The number of carboxylic acids is 1. The van der Waals surface area contributed by atoms with Gasteiger partial charge in [-0.05, 0) is 47.5 Å². The van der Waals surface area contributed by atoms with Crippen LogP contribution in [0.3, 0.4) is 0 Å². The minimum absolute atomic E-state index is 0.0418. The molecule has 17 heteroatoms. The van der Waals surface area contributed by atoms with Crippen LogP contribution in [-0.4, -0.2) is 86.3 Å². The number of fused-ring (bicyclic) bond motifs is 3. The maximum Gasteiger partial charge on any atom is 0.352 e. The van der Waals surface area contributed by atoms with E-state index in [1.165, 1.54) is 60.2 Å². The van der Waals surface area contributed by atoms with Crippen molar-refractivity contribution < 1.29 is 29.4 Å². The number of pyridine rings is 3. The van der Waals surface area contributed by atoms with Crippen molar-refractivity contribution in [1.29, 1.82) is 0 Å². The number of H-pyrrole nitrogens is 1. The molecule has 2 aliphatic rings. The summed E-state index contributed by atoms with van der Waals surface area (Å²) in [7, 11) is 0. The number of aromatic amines is 1. The van der Waals surface area contributed by atoms with Gasteiger partial charge in [-0.25, -0.2) is 4.79 Å². The van der Waals surface area contributed by atoms with Gasteiger partial charge in [-0.15, -0.1) is 22.0 Å². The van der Waals surface area contributed by atoms with E-state index in [2.05, 4.69) is 30.8 Å². The van der Waals surface area contributed by atoms with E-state index >= 15 is 0 Å². The Morgan fingerprint density at radius 1 is 1.08 bits per heavy atom. The zero-order chi connectivity index (χ0) is 33.5. The number of thioether (sulfide) groups is 2. The molecule has 1 fully saturated rings. The second-order valence-corrected chi connectivity index (χ2v) is 12.8. The van der Waals surface area contributed by atoms with Gasteiger partial charge in [0.1, 0.15) is 40.0 Å². The molecule has 3 amide bonds. The first-order valence-electron chi connectivity index (χ1n) is 14.4. The molecular weight excluding hydrogens is 661 g/mol. The lowest BCUT2D eigenvalue weighted by Gasteiger charge is -2.49. The van der Waals surface area contributed by atoms with Crippen LogP contribution < -0.4 is 16.1 Å². The van der Waals surface area contributed by atoms with E-state index in [1.807, 2.05) is 12.1 Å². The van der Waals surface area contributed by atoms with Crippen LogP contribution >= 0.6 is 23.5 Å². The van der Waals surface area contributed by atoms with E-state index in [0.717, 1.165) is 4.90 Å². The van der Waals surface area contributed by atoms with Gasteiger partial charge in [0.05, 0.1) is 5.52 Å². The van der Waals surface area contributed by atoms with Crippen LogP contribution in [0, 0.1) is 0 Å². The molecule has 3 atom stereocenters. The Labute approximate surface area is 278 Å². The lowest BCUT2D eigenvalue weighted by Crippen LogP contribution is -2.71. The highest BCUT2D eigenvalue weighted by molar-refractivity contribution is 8.01. The number of nitrogens with one attached hydrogen (secondary N) is 3. The Morgan fingerprint density at radius 2 is 1.90 bits per heavy atom. The number of phenolic OH excluding ortho intramolecular Hbond substituents is 1. The smallest absolute Gasteiger partial charge is 0.352 e. The van der Waals surface area contributed by atoms with E-state index in [9.17, 15) is 34.2 Å². The molecule has 5 N–H and O–H groups in total. The van der Waals surface area contributed by atoms with Gasteiger partial charge in [-0.2, -0.15) is 0 Å². The summed E-state index contributed by atoms with van der Waals surface area (Å²) >= 11 is 2.59. The van der Waals surface area contributed by atoms with Gasteiger partial charge in [0.2, 0.25) is 11.3 Å². The number of aliphatic carboxylic acids is 1. The molecule has 0 spiro atoms. The summed E-state index contributed by atoms with van der Waals surface area (Å²) in [4.78, 5) is 74.0. The van der Waals surface area contributed by atoms with E-state index in [0.29, 0.717) is 21.9 Å². The van der Waals surface area contributed by atoms with Crippen molar-refractivity contribution in [3.05, 3.63) is 106 Å². The summed E-state index contributed by atoms with van der Waals surface area (Å²) < 4.78 is 1.78. The average Bonchev–Trinajstić information content (AvgIpc) is 3.51. The fourth-order valence-corrected chi connectivity index (χ4v) is 7.90. The molecule has 4 aromatic heterocycles. The highest BCUT2D eigenvalue weighted by Crippen LogP contribution is 2.41. The molecule has 1 saturated heterocycles. The van der Waals surface area contributed by atoms with Crippen molar-refractivity contribution >= 4 is 63.9 Å². The molecule has 48 heavy (non-hydrogen) atoms. The summed E-state index contributed by atoms with van der Waals surface area (Å²) in [6, 6.07) is 11.7. The molecule has 5 aromatic rings. The van der Waals surface area contributed by atoms with Crippen LogP contribution in [0.5, 0.6) is 5.75 Å². The molecule has 242 valence electrons. The third kappa shape index (κ3) is 5.51. The summed E-state index contributed by atoms with van der Waals surface area (Å²) in [5.41, 5.74) is 0.812. The molecule has 0 bridgehead atoms. The first kappa shape index (κ1) is 30.9. The lowest BCUT2D eigenvalue weighted by molar-refractivity contribution is -0.151. The van der Waals surface area contributed by atoms with Crippen molar-refractivity contribution in [1.82, 2.24) is 40.1 Å². The maximum absolute atomic E-state index is 13.7. The largest absolute Gasteiger partial charge is 0.508 e. The Balaban J connectivity index is 1.10. The molecule has 6 heterocycles. The van der Waals surface area contributed by atoms with E-state index in [4.69, 9.17) is 0 Å². The van der Waals surface area contributed by atoms with Crippen LogP contribution in [-0.2, 0) is 14.4 Å². The molecule has 0 aliphatic carbocycles. The monoisotopic (exact) mass is 684 g/mol. The molecular formula is C31H24N8O7S2.